The second kappa shape index (κ2) is 9.36. The van der Waals surface area contributed by atoms with Gasteiger partial charge in [-0.25, -0.2) is 9.98 Å². The van der Waals surface area contributed by atoms with Gasteiger partial charge in [0.15, 0.2) is 5.96 Å². The number of guanidine groups is 1. The minimum atomic E-state index is 0.312. The van der Waals surface area contributed by atoms with E-state index in [0.717, 1.165) is 17.0 Å². The van der Waals surface area contributed by atoms with Crippen LogP contribution in [-0.2, 0) is 11.3 Å². The van der Waals surface area contributed by atoms with E-state index < -0.39 is 0 Å². The molecule has 0 aliphatic rings. The van der Waals surface area contributed by atoms with Crippen LogP contribution in [0.5, 0.6) is 11.6 Å². The van der Waals surface area contributed by atoms with Crippen molar-refractivity contribution in [3.63, 3.8) is 0 Å². The Morgan fingerprint density at radius 3 is 2.67 bits per heavy atom. The molecule has 0 fully saturated rings. The van der Waals surface area contributed by atoms with Crippen LogP contribution in [0.2, 0.25) is 0 Å². The molecule has 1 heterocycles. The van der Waals surface area contributed by atoms with Crippen LogP contribution in [0.25, 0.3) is 0 Å². The first-order valence-electron chi connectivity index (χ1n) is 7.49. The second-order valence-corrected chi connectivity index (χ2v) is 4.86. The number of aromatic nitrogens is 1. The maximum absolute atomic E-state index is 5.92. The first-order valence-corrected chi connectivity index (χ1v) is 7.49. The average molecular weight is 330 g/mol. The highest BCUT2D eigenvalue weighted by atomic mass is 16.5. The molecule has 0 bridgehead atoms. The van der Waals surface area contributed by atoms with Crippen molar-refractivity contribution >= 4 is 11.6 Å². The predicted octanol–water partition coefficient (Wildman–Crippen LogP) is 2.04. The van der Waals surface area contributed by atoms with Gasteiger partial charge in [-0.05, 0) is 30.3 Å². The summed E-state index contributed by atoms with van der Waals surface area (Å²) < 4.78 is 15.7. The van der Waals surface area contributed by atoms with Crippen molar-refractivity contribution in [3.05, 3.63) is 48.2 Å². The lowest BCUT2D eigenvalue weighted by atomic mass is 10.3. The zero-order valence-electron chi connectivity index (χ0n) is 13.9. The molecule has 7 heteroatoms. The van der Waals surface area contributed by atoms with E-state index in [1.54, 1.807) is 20.4 Å². The Bertz CT molecular complexity index is 659. The molecule has 1 aromatic carbocycles. The number of nitrogens with one attached hydrogen (secondary N) is 1. The third kappa shape index (κ3) is 5.44. The largest absolute Gasteiger partial charge is 0.497 e. The summed E-state index contributed by atoms with van der Waals surface area (Å²) in [7, 11) is 3.25. The molecule has 24 heavy (non-hydrogen) atoms. The lowest BCUT2D eigenvalue weighted by Crippen LogP contribution is -2.22. The molecular weight excluding hydrogens is 308 g/mol. The van der Waals surface area contributed by atoms with E-state index in [1.807, 2.05) is 36.4 Å². The molecule has 0 aliphatic carbocycles. The number of hydrogen-bond donors (Lipinski definition) is 2. The van der Waals surface area contributed by atoms with Crippen molar-refractivity contribution in [2.75, 3.05) is 32.8 Å². The Morgan fingerprint density at radius 2 is 1.96 bits per heavy atom. The Balaban J connectivity index is 1.96. The van der Waals surface area contributed by atoms with Gasteiger partial charge in [0.2, 0.25) is 5.88 Å². The van der Waals surface area contributed by atoms with E-state index >= 15 is 0 Å². The molecule has 2 rings (SSSR count). The number of nitrogens with two attached hydrogens (primary N) is 1. The topological polar surface area (TPSA) is 91.0 Å². The van der Waals surface area contributed by atoms with Crippen molar-refractivity contribution in [2.24, 2.45) is 10.7 Å². The monoisotopic (exact) mass is 330 g/mol. The Hall–Kier alpha value is -2.80. The van der Waals surface area contributed by atoms with Crippen LogP contribution >= 0.6 is 0 Å². The molecule has 0 unspecified atom stereocenters. The maximum atomic E-state index is 5.92. The molecule has 7 nitrogen and oxygen atoms in total. The third-order valence-corrected chi connectivity index (χ3v) is 3.16. The van der Waals surface area contributed by atoms with Gasteiger partial charge in [-0.1, -0.05) is 6.07 Å². The summed E-state index contributed by atoms with van der Waals surface area (Å²) in [5.41, 5.74) is 7.61. The lowest BCUT2D eigenvalue weighted by molar-refractivity contribution is 0.143. The highest BCUT2D eigenvalue weighted by molar-refractivity contribution is 5.92. The summed E-state index contributed by atoms with van der Waals surface area (Å²) in [5.74, 6) is 1.63. The van der Waals surface area contributed by atoms with E-state index in [0.29, 0.717) is 31.6 Å². The minimum Gasteiger partial charge on any atom is -0.497 e. The Kier molecular flexibility index (Phi) is 6.85. The maximum Gasteiger partial charge on any atom is 0.218 e. The zero-order valence-corrected chi connectivity index (χ0v) is 13.9. The van der Waals surface area contributed by atoms with Crippen LogP contribution < -0.4 is 20.5 Å². The van der Waals surface area contributed by atoms with E-state index in [2.05, 4.69) is 15.3 Å². The van der Waals surface area contributed by atoms with Crippen molar-refractivity contribution < 1.29 is 14.2 Å². The molecule has 0 amide bonds. The summed E-state index contributed by atoms with van der Waals surface area (Å²) in [6, 6.07) is 11.2. The quantitative estimate of drug-likeness (QED) is 0.437. The number of hydrogen-bond acceptors (Lipinski definition) is 5. The van der Waals surface area contributed by atoms with Crippen molar-refractivity contribution in [3.8, 4) is 11.6 Å². The standard InChI is InChI=1S/C17H22N4O3/c1-22-10-11-24-16-13(4-3-9-19-16)12-20-17(18)21-14-5-7-15(23-2)8-6-14/h3-9H,10-12H2,1-2H3,(H3,18,20,21). The first-order chi connectivity index (χ1) is 11.7. The zero-order chi connectivity index (χ0) is 17.2. The number of benzene rings is 1. The SMILES string of the molecule is COCCOc1ncccc1CN=C(N)Nc1ccc(OC)cc1. The Morgan fingerprint density at radius 1 is 1.17 bits per heavy atom. The molecule has 0 spiro atoms. The number of ether oxygens (including phenoxy) is 3. The predicted molar refractivity (Wildman–Crippen MR) is 93.6 cm³/mol. The van der Waals surface area contributed by atoms with E-state index in [9.17, 15) is 0 Å². The summed E-state index contributed by atoms with van der Waals surface area (Å²) in [6.45, 7) is 1.30. The van der Waals surface area contributed by atoms with Gasteiger partial charge >= 0.3 is 0 Å². The highest BCUT2D eigenvalue weighted by Gasteiger charge is 2.04. The lowest BCUT2D eigenvalue weighted by Gasteiger charge is -2.09. The molecule has 0 saturated carbocycles. The normalized spacial score (nSPS) is 11.2. The van der Waals surface area contributed by atoms with Crippen LogP contribution in [0.1, 0.15) is 5.56 Å². The molecule has 3 N–H and O–H groups in total. The van der Waals surface area contributed by atoms with E-state index in [1.165, 1.54) is 0 Å². The summed E-state index contributed by atoms with van der Waals surface area (Å²) in [6.07, 6.45) is 1.67. The number of aliphatic imine (C=N–C) groups is 1. The third-order valence-electron chi connectivity index (χ3n) is 3.16. The molecular formula is C17H22N4O3. The van der Waals surface area contributed by atoms with Crippen LogP contribution in [0, 0.1) is 0 Å². The summed E-state index contributed by atoms with van der Waals surface area (Å²) >= 11 is 0. The Labute approximate surface area is 141 Å². The fourth-order valence-corrected chi connectivity index (χ4v) is 1.93. The van der Waals surface area contributed by atoms with Crippen LogP contribution in [-0.4, -0.2) is 38.4 Å². The van der Waals surface area contributed by atoms with Crippen molar-refractivity contribution in [1.82, 2.24) is 4.98 Å². The van der Waals surface area contributed by atoms with Gasteiger partial charge in [0.1, 0.15) is 12.4 Å². The number of rotatable bonds is 8. The molecule has 2 aromatic rings. The molecule has 0 saturated heterocycles. The van der Waals surface area contributed by atoms with Crippen LogP contribution in [0.4, 0.5) is 5.69 Å². The molecule has 128 valence electrons. The minimum absolute atomic E-state index is 0.312. The van der Waals surface area contributed by atoms with E-state index in [-0.39, 0.29) is 0 Å². The van der Waals surface area contributed by atoms with E-state index in [4.69, 9.17) is 19.9 Å². The highest BCUT2D eigenvalue weighted by Crippen LogP contribution is 2.16. The summed E-state index contributed by atoms with van der Waals surface area (Å²) in [4.78, 5) is 8.53. The molecule has 0 atom stereocenters. The van der Waals surface area contributed by atoms with Gasteiger partial charge in [-0.3, -0.25) is 0 Å². The number of nitrogens with zero attached hydrogens (tertiary/aromatic N) is 2. The number of anilines is 1. The number of pyridine rings is 1. The van der Waals surface area contributed by atoms with Gasteiger partial charge in [0, 0.05) is 24.6 Å². The summed E-state index contributed by atoms with van der Waals surface area (Å²) in [5, 5.41) is 3.03. The van der Waals surface area contributed by atoms with Crippen LogP contribution in [0.3, 0.4) is 0 Å². The molecule has 1 aromatic heterocycles. The first kappa shape index (κ1) is 17.6. The van der Waals surface area contributed by atoms with Crippen molar-refractivity contribution in [1.29, 1.82) is 0 Å². The smallest absolute Gasteiger partial charge is 0.218 e. The van der Waals surface area contributed by atoms with Gasteiger partial charge < -0.3 is 25.3 Å². The average Bonchev–Trinajstić information content (AvgIpc) is 2.62. The van der Waals surface area contributed by atoms with Gasteiger partial charge in [-0.15, -0.1) is 0 Å². The van der Waals surface area contributed by atoms with Gasteiger partial charge in [0.25, 0.3) is 0 Å². The van der Waals surface area contributed by atoms with Crippen LogP contribution in [0.15, 0.2) is 47.6 Å². The molecule has 0 aliphatic heterocycles. The fraction of sp³-hybridized carbons (Fsp3) is 0.294. The molecule has 0 radical (unpaired) electrons. The van der Waals surface area contributed by atoms with Crippen molar-refractivity contribution in [2.45, 2.75) is 6.54 Å². The van der Waals surface area contributed by atoms with Gasteiger partial charge in [0.05, 0.1) is 20.3 Å². The second-order valence-electron chi connectivity index (χ2n) is 4.86. The van der Waals surface area contributed by atoms with Gasteiger partial charge in [-0.2, -0.15) is 0 Å². The fourth-order valence-electron chi connectivity index (χ4n) is 1.93. The number of methoxy groups -OCH3 is 2.